The molecule has 6 aromatic heterocycles. The lowest BCUT2D eigenvalue weighted by molar-refractivity contribution is 0.113. The first-order valence-electron chi connectivity index (χ1n) is 25.8. The minimum absolute atomic E-state index is 0.0192. The Labute approximate surface area is 419 Å². The summed E-state index contributed by atoms with van der Waals surface area (Å²) in [6.07, 6.45) is 10.4. The molecule has 2 aliphatic heterocycles. The van der Waals surface area contributed by atoms with Gasteiger partial charge < -0.3 is 34.5 Å². The van der Waals surface area contributed by atoms with Crippen LogP contribution in [-0.4, -0.2) is 139 Å². The minimum atomic E-state index is -0.0640. The molecule has 0 bridgehead atoms. The molecule has 15 nitrogen and oxygen atoms in total. The van der Waals surface area contributed by atoms with Crippen molar-refractivity contribution in [1.82, 2.24) is 48.3 Å². The number of aliphatic hydroxyl groups is 2. The Morgan fingerprint density at radius 2 is 1.11 bits per heavy atom. The number of nitrogens with zero attached hydrogens (tertiary/aromatic N) is 12. The molecule has 11 rings (SSSR count). The van der Waals surface area contributed by atoms with Gasteiger partial charge in [-0.05, 0) is 132 Å². The first-order valence-corrected chi connectivity index (χ1v) is 25.8. The number of rotatable bonds is 13. The summed E-state index contributed by atoms with van der Waals surface area (Å²) < 4.78 is 9.75. The summed E-state index contributed by atoms with van der Waals surface area (Å²) in [5.41, 5.74) is 11.7. The summed E-state index contributed by atoms with van der Waals surface area (Å²) in [4.78, 5) is 34.1. The van der Waals surface area contributed by atoms with E-state index < -0.39 is 0 Å². The number of methoxy groups -OCH3 is 1. The SMILES string of the molecule is CN1CCN(c2cccc3nc(CN(C)C4CCCc5cccnc54)c(CO)n23)CC1.COc1ccc([C@H](C)N(Cc2nc3cccc(N4CCN(C)CC4)n3c2CO)[C@H]2CCCc3cccnc32)cc1. The number of aliphatic hydroxyl groups excluding tert-OH is 2. The van der Waals surface area contributed by atoms with Gasteiger partial charge in [0, 0.05) is 83.9 Å². The van der Waals surface area contributed by atoms with Crippen molar-refractivity contribution < 1.29 is 14.9 Å². The second kappa shape index (κ2) is 21.8. The van der Waals surface area contributed by atoms with Gasteiger partial charge in [-0.15, -0.1) is 0 Å². The zero-order valence-electron chi connectivity index (χ0n) is 42.4. The normalized spacial score (nSPS) is 19.2. The molecule has 71 heavy (non-hydrogen) atoms. The van der Waals surface area contributed by atoms with Crippen LogP contribution in [0.25, 0.3) is 11.3 Å². The molecule has 4 aliphatic rings. The van der Waals surface area contributed by atoms with Crippen LogP contribution in [0.3, 0.4) is 0 Å². The fourth-order valence-corrected chi connectivity index (χ4v) is 11.5. The molecule has 0 spiro atoms. The number of fused-ring (bicyclic) bond motifs is 4. The number of benzene rings is 1. The number of ether oxygens (including phenoxy) is 1. The Morgan fingerprint density at radius 3 is 1.62 bits per heavy atom. The maximum atomic E-state index is 10.7. The summed E-state index contributed by atoms with van der Waals surface area (Å²) in [6, 6.07) is 30.0. The Morgan fingerprint density at radius 1 is 0.620 bits per heavy atom. The maximum Gasteiger partial charge on any atom is 0.138 e. The number of hydrogen-bond donors (Lipinski definition) is 2. The van der Waals surface area contributed by atoms with E-state index in [-0.39, 0.29) is 25.3 Å². The molecule has 2 saturated heterocycles. The van der Waals surface area contributed by atoms with Gasteiger partial charge in [-0.2, -0.15) is 0 Å². The van der Waals surface area contributed by atoms with Crippen molar-refractivity contribution >= 4 is 22.9 Å². The van der Waals surface area contributed by atoms with Crippen LogP contribution in [0.4, 0.5) is 11.6 Å². The van der Waals surface area contributed by atoms with Crippen LogP contribution < -0.4 is 14.5 Å². The lowest BCUT2D eigenvalue weighted by Gasteiger charge is -2.39. The lowest BCUT2D eigenvalue weighted by atomic mass is 9.89. The van der Waals surface area contributed by atoms with E-state index in [1.54, 1.807) is 7.11 Å². The number of hydrogen-bond acceptors (Lipinski definition) is 13. The summed E-state index contributed by atoms with van der Waals surface area (Å²) in [7, 11) is 8.19. The summed E-state index contributed by atoms with van der Waals surface area (Å²) in [5.74, 6) is 3.08. The van der Waals surface area contributed by atoms with Crippen LogP contribution in [0.5, 0.6) is 5.75 Å². The highest BCUT2D eigenvalue weighted by atomic mass is 16.5. The van der Waals surface area contributed by atoms with Gasteiger partial charge in [-0.25, -0.2) is 9.97 Å². The smallest absolute Gasteiger partial charge is 0.138 e. The molecular formula is C56H72N12O3. The zero-order chi connectivity index (χ0) is 49.0. The fraction of sp³-hybridized carbons (Fsp3) is 0.464. The Hall–Kier alpha value is -5.94. The number of piperazine rings is 2. The monoisotopic (exact) mass is 961 g/mol. The summed E-state index contributed by atoms with van der Waals surface area (Å²) in [6.45, 7) is 11.5. The van der Waals surface area contributed by atoms with Crippen LogP contribution in [-0.2, 0) is 39.1 Å². The van der Waals surface area contributed by atoms with Gasteiger partial charge in [-0.3, -0.25) is 28.6 Å². The van der Waals surface area contributed by atoms with Gasteiger partial charge in [0.1, 0.15) is 28.7 Å². The standard InChI is InChI=1S/C32H40N6O2.C24H32N6O/c1-23(24-12-14-26(40-3)15-13-24)37(28-9-4-7-25-8-6-16-33-32(25)28)21-27-29(22-39)38-30(34-27)10-5-11-31(38)36-19-17-35(2)18-20-36;1-27-12-14-29(15-13-27)23-10-4-9-22-26-19(21(17-31)30(22)23)16-28(2)20-8-3-6-18-7-5-11-25-24(18)20/h5-6,8,10-16,23,28,39H,4,7,9,17-22H2,1-3H3;4-5,7,9-11,20,31H,3,6,8,12-17H2,1-2H3/t23-,28-;/m0./s1. The molecule has 2 fully saturated rings. The Bertz CT molecular complexity index is 2890. The molecule has 374 valence electrons. The molecule has 2 N–H and O–H groups in total. The van der Waals surface area contributed by atoms with Gasteiger partial charge >= 0.3 is 0 Å². The highest BCUT2D eigenvalue weighted by molar-refractivity contribution is 5.56. The third-order valence-electron chi connectivity index (χ3n) is 15.6. The van der Waals surface area contributed by atoms with Gasteiger partial charge in [0.05, 0.1) is 66.6 Å². The van der Waals surface area contributed by atoms with E-state index in [0.29, 0.717) is 19.1 Å². The first kappa shape index (κ1) is 48.7. The molecule has 7 aromatic rings. The minimum Gasteiger partial charge on any atom is -0.497 e. The van der Waals surface area contributed by atoms with Gasteiger partial charge in [0.15, 0.2) is 0 Å². The average Bonchev–Trinajstić information content (AvgIpc) is 3.97. The van der Waals surface area contributed by atoms with Crippen LogP contribution in [0.2, 0.25) is 0 Å². The molecule has 8 heterocycles. The van der Waals surface area contributed by atoms with Crippen LogP contribution >= 0.6 is 0 Å². The highest BCUT2D eigenvalue weighted by Gasteiger charge is 2.33. The van der Waals surface area contributed by atoms with Crippen molar-refractivity contribution in [2.75, 3.05) is 90.4 Å². The van der Waals surface area contributed by atoms with Crippen LogP contribution in [0.1, 0.15) is 102 Å². The predicted octanol–water partition coefficient (Wildman–Crippen LogP) is 7.11. The van der Waals surface area contributed by atoms with Gasteiger partial charge in [0.25, 0.3) is 0 Å². The third-order valence-corrected chi connectivity index (χ3v) is 15.6. The topological polar surface area (TPSA) is 130 Å². The van der Waals surface area contributed by atoms with Crippen molar-refractivity contribution in [1.29, 1.82) is 0 Å². The van der Waals surface area contributed by atoms with E-state index >= 15 is 0 Å². The van der Waals surface area contributed by atoms with E-state index in [9.17, 15) is 10.2 Å². The molecule has 1 aromatic carbocycles. The predicted molar refractivity (Wildman–Crippen MR) is 280 cm³/mol. The first-order chi connectivity index (χ1) is 34.7. The van der Waals surface area contributed by atoms with Gasteiger partial charge in [-0.1, -0.05) is 36.4 Å². The molecule has 15 heteroatoms. The summed E-state index contributed by atoms with van der Waals surface area (Å²) in [5, 5.41) is 21.1. The Balaban J connectivity index is 0.000000169. The van der Waals surface area contributed by atoms with Crippen molar-refractivity contribution in [2.24, 2.45) is 0 Å². The number of aryl methyl sites for hydroxylation is 2. The van der Waals surface area contributed by atoms with E-state index in [1.807, 2.05) is 42.7 Å². The third kappa shape index (κ3) is 10.1. The van der Waals surface area contributed by atoms with Gasteiger partial charge in [0.2, 0.25) is 0 Å². The Kier molecular flexibility index (Phi) is 15.0. The molecule has 2 aliphatic carbocycles. The molecular weight excluding hydrogens is 889 g/mol. The highest BCUT2D eigenvalue weighted by Crippen LogP contribution is 2.40. The van der Waals surface area contributed by atoms with E-state index in [4.69, 9.17) is 24.7 Å². The van der Waals surface area contributed by atoms with E-state index in [1.165, 1.54) is 34.5 Å². The quantitative estimate of drug-likeness (QED) is 0.122. The zero-order valence-corrected chi connectivity index (χ0v) is 42.4. The average molecular weight is 961 g/mol. The largest absolute Gasteiger partial charge is 0.497 e. The van der Waals surface area contributed by atoms with Crippen molar-refractivity contribution in [3.05, 3.63) is 148 Å². The second-order valence-electron chi connectivity index (χ2n) is 20.0. The molecule has 0 radical (unpaired) electrons. The number of aromatic nitrogens is 6. The second-order valence-corrected chi connectivity index (χ2v) is 20.0. The number of anilines is 2. The van der Waals surface area contributed by atoms with Crippen LogP contribution in [0.15, 0.2) is 97.3 Å². The fourth-order valence-electron chi connectivity index (χ4n) is 11.5. The number of likely N-dealkylation sites (N-methyl/N-ethyl adjacent to an activating group) is 2. The lowest BCUT2D eigenvalue weighted by Crippen LogP contribution is -2.45. The molecule has 0 saturated carbocycles. The van der Waals surface area contributed by atoms with Crippen LogP contribution in [0, 0.1) is 0 Å². The van der Waals surface area contributed by atoms with Crippen molar-refractivity contribution in [2.45, 2.75) is 89.9 Å². The molecule has 0 amide bonds. The van der Waals surface area contributed by atoms with E-state index in [0.717, 1.165) is 136 Å². The molecule has 1 unspecified atom stereocenters. The van der Waals surface area contributed by atoms with E-state index in [2.05, 4.69) is 121 Å². The number of pyridine rings is 4. The maximum absolute atomic E-state index is 10.7. The van der Waals surface area contributed by atoms with Crippen molar-refractivity contribution in [3.63, 3.8) is 0 Å². The molecule has 3 atom stereocenters. The van der Waals surface area contributed by atoms with Crippen molar-refractivity contribution in [3.8, 4) is 5.75 Å². The summed E-state index contributed by atoms with van der Waals surface area (Å²) >= 11 is 0. The number of imidazole rings is 2.